The van der Waals surface area contributed by atoms with Gasteiger partial charge < -0.3 is 5.32 Å². The lowest BCUT2D eigenvalue weighted by Crippen LogP contribution is -2.20. The van der Waals surface area contributed by atoms with E-state index in [-0.39, 0.29) is 0 Å². The fourth-order valence-corrected chi connectivity index (χ4v) is 1.98. The highest BCUT2D eigenvalue weighted by molar-refractivity contribution is 6.28. The highest BCUT2D eigenvalue weighted by atomic mass is 35.5. The molecular formula is C13H22ClN3. The molecule has 0 saturated heterocycles. The minimum Gasteiger partial charge on any atom is -0.367 e. The molecule has 1 aromatic heterocycles. The van der Waals surface area contributed by atoms with E-state index in [0.717, 1.165) is 11.4 Å². The molecular weight excluding hydrogens is 234 g/mol. The van der Waals surface area contributed by atoms with Gasteiger partial charge in [0.15, 0.2) is 0 Å². The molecule has 1 aromatic rings. The first kappa shape index (κ1) is 14.2. The van der Waals surface area contributed by atoms with Crippen LogP contribution in [-0.2, 0) is 0 Å². The molecule has 0 aliphatic rings. The van der Waals surface area contributed by atoms with Gasteiger partial charge in [-0.1, -0.05) is 33.1 Å². The summed E-state index contributed by atoms with van der Waals surface area (Å²) in [5.74, 6) is 0.875. The molecule has 0 aromatic carbocycles. The molecule has 96 valence electrons. The summed E-state index contributed by atoms with van der Waals surface area (Å²) >= 11 is 5.82. The first-order valence-corrected chi connectivity index (χ1v) is 6.80. The second-order valence-electron chi connectivity index (χ2n) is 4.44. The topological polar surface area (TPSA) is 37.8 Å². The molecule has 3 nitrogen and oxygen atoms in total. The van der Waals surface area contributed by atoms with E-state index >= 15 is 0 Å². The average molecular weight is 256 g/mol. The van der Waals surface area contributed by atoms with Crippen molar-refractivity contribution in [2.24, 2.45) is 0 Å². The summed E-state index contributed by atoms with van der Waals surface area (Å²) in [7, 11) is 0. The number of hydrogen-bond donors (Lipinski definition) is 1. The molecule has 0 bridgehead atoms. The molecule has 0 fully saturated rings. The predicted octanol–water partition coefficient (Wildman–Crippen LogP) is 4.21. The summed E-state index contributed by atoms with van der Waals surface area (Å²) in [6, 6.07) is 0.490. The van der Waals surface area contributed by atoms with Crippen molar-refractivity contribution in [1.29, 1.82) is 0 Å². The van der Waals surface area contributed by atoms with Crippen LogP contribution in [-0.4, -0.2) is 16.0 Å². The van der Waals surface area contributed by atoms with Crippen molar-refractivity contribution in [3.8, 4) is 0 Å². The van der Waals surface area contributed by atoms with Gasteiger partial charge in [0.2, 0.25) is 5.28 Å². The Kier molecular flexibility index (Phi) is 6.27. The number of nitrogens with one attached hydrogen (secondary N) is 1. The van der Waals surface area contributed by atoms with Crippen molar-refractivity contribution in [2.75, 3.05) is 5.32 Å². The molecule has 1 atom stereocenters. The number of nitrogens with zero attached hydrogens (tertiary/aromatic N) is 2. The van der Waals surface area contributed by atoms with Gasteiger partial charge in [0, 0.05) is 17.8 Å². The van der Waals surface area contributed by atoms with Crippen molar-refractivity contribution in [2.45, 2.75) is 58.9 Å². The fourth-order valence-electron chi connectivity index (χ4n) is 1.85. The van der Waals surface area contributed by atoms with E-state index in [9.17, 15) is 0 Å². The van der Waals surface area contributed by atoms with Gasteiger partial charge in [-0.3, -0.25) is 0 Å². The van der Waals surface area contributed by atoms with Crippen LogP contribution in [0.3, 0.4) is 0 Å². The third kappa shape index (κ3) is 4.90. The van der Waals surface area contributed by atoms with Gasteiger partial charge in [-0.15, -0.1) is 0 Å². The average Bonchev–Trinajstić information content (AvgIpc) is 2.31. The Bertz CT molecular complexity index is 341. The first-order valence-electron chi connectivity index (χ1n) is 6.43. The summed E-state index contributed by atoms with van der Waals surface area (Å²) in [5.41, 5.74) is 1.05. The molecule has 4 heteroatoms. The van der Waals surface area contributed by atoms with Gasteiger partial charge in [-0.2, -0.15) is 0 Å². The maximum Gasteiger partial charge on any atom is 0.224 e. The largest absolute Gasteiger partial charge is 0.367 e. The number of hydrogen-bond acceptors (Lipinski definition) is 3. The number of rotatable bonds is 7. The summed E-state index contributed by atoms with van der Waals surface area (Å²) in [5, 5.41) is 3.80. The number of unbranched alkanes of at least 4 members (excludes halogenated alkanes) is 1. The van der Waals surface area contributed by atoms with E-state index in [4.69, 9.17) is 11.6 Å². The summed E-state index contributed by atoms with van der Waals surface area (Å²) in [4.78, 5) is 8.22. The number of aryl methyl sites for hydroxylation is 1. The van der Waals surface area contributed by atoms with Crippen molar-refractivity contribution in [1.82, 2.24) is 9.97 Å². The monoisotopic (exact) mass is 255 g/mol. The second kappa shape index (κ2) is 7.49. The molecule has 0 radical (unpaired) electrons. The zero-order valence-corrected chi connectivity index (χ0v) is 11.7. The molecule has 1 unspecified atom stereocenters. The quantitative estimate of drug-likeness (QED) is 0.742. The maximum absolute atomic E-state index is 5.82. The lowest BCUT2D eigenvalue weighted by Gasteiger charge is -2.19. The van der Waals surface area contributed by atoms with Crippen LogP contribution in [0.25, 0.3) is 0 Å². The number of anilines is 1. The standard InChI is InChI=1S/C13H22ClN3/c1-4-6-8-11(7-5-2)16-12-10(3)9-15-13(14)17-12/h9,11H,4-8H2,1-3H3,(H,15,16,17). The van der Waals surface area contributed by atoms with Crippen molar-refractivity contribution >= 4 is 17.4 Å². The van der Waals surface area contributed by atoms with Crippen LogP contribution in [0.15, 0.2) is 6.20 Å². The van der Waals surface area contributed by atoms with Crippen molar-refractivity contribution in [3.05, 3.63) is 17.0 Å². The molecule has 0 amide bonds. The van der Waals surface area contributed by atoms with E-state index in [1.54, 1.807) is 6.20 Å². The van der Waals surface area contributed by atoms with E-state index in [1.807, 2.05) is 6.92 Å². The molecule has 0 aliphatic carbocycles. The summed E-state index contributed by atoms with van der Waals surface area (Å²) in [6.07, 6.45) is 7.77. The Morgan fingerprint density at radius 3 is 2.71 bits per heavy atom. The second-order valence-corrected chi connectivity index (χ2v) is 4.78. The van der Waals surface area contributed by atoms with Crippen LogP contribution in [0.1, 0.15) is 51.5 Å². The van der Waals surface area contributed by atoms with Gasteiger partial charge in [0.1, 0.15) is 5.82 Å². The zero-order valence-electron chi connectivity index (χ0n) is 11.0. The Morgan fingerprint density at radius 1 is 1.29 bits per heavy atom. The lowest BCUT2D eigenvalue weighted by molar-refractivity contribution is 0.562. The molecule has 1 heterocycles. The lowest BCUT2D eigenvalue weighted by atomic mass is 10.1. The van der Waals surface area contributed by atoms with Gasteiger partial charge in [-0.25, -0.2) is 9.97 Å². The molecule has 1 N–H and O–H groups in total. The molecule has 1 rings (SSSR count). The number of halogens is 1. The van der Waals surface area contributed by atoms with Gasteiger partial charge in [0.05, 0.1) is 0 Å². The van der Waals surface area contributed by atoms with Crippen LogP contribution < -0.4 is 5.32 Å². The number of aromatic nitrogens is 2. The Labute approximate surface area is 109 Å². The van der Waals surface area contributed by atoms with E-state index < -0.39 is 0 Å². The highest BCUT2D eigenvalue weighted by Gasteiger charge is 2.10. The SMILES string of the molecule is CCCCC(CCC)Nc1nc(Cl)ncc1C. The van der Waals surface area contributed by atoms with Gasteiger partial charge in [-0.05, 0) is 31.4 Å². The van der Waals surface area contributed by atoms with Crippen LogP contribution in [0.4, 0.5) is 5.82 Å². The van der Waals surface area contributed by atoms with Crippen LogP contribution in [0.5, 0.6) is 0 Å². The molecule has 17 heavy (non-hydrogen) atoms. The van der Waals surface area contributed by atoms with Crippen molar-refractivity contribution < 1.29 is 0 Å². The van der Waals surface area contributed by atoms with Crippen LogP contribution in [0, 0.1) is 6.92 Å². The summed E-state index contributed by atoms with van der Waals surface area (Å²) in [6.45, 7) is 6.43. The third-order valence-electron chi connectivity index (χ3n) is 2.83. The van der Waals surface area contributed by atoms with E-state index in [0.29, 0.717) is 11.3 Å². The minimum atomic E-state index is 0.309. The van der Waals surface area contributed by atoms with Crippen LogP contribution >= 0.6 is 11.6 Å². The Balaban J connectivity index is 2.67. The first-order chi connectivity index (χ1) is 8.17. The maximum atomic E-state index is 5.82. The molecule has 0 aliphatic heterocycles. The zero-order chi connectivity index (χ0) is 12.7. The van der Waals surface area contributed by atoms with Crippen LogP contribution in [0.2, 0.25) is 5.28 Å². The normalized spacial score (nSPS) is 12.5. The smallest absolute Gasteiger partial charge is 0.224 e. The van der Waals surface area contributed by atoms with Gasteiger partial charge in [0.25, 0.3) is 0 Å². The molecule has 0 spiro atoms. The van der Waals surface area contributed by atoms with E-state index in [2.05, 4.69) is 29.1 Å². The predicted molar refractivity (Wildman–Crippen MR) is 73.6 cm³/mol. The minimum absolute atomic E-state index is 0.309. The Hall–Kier alpha value is -0.830. The van der Waals surface area contributed by atoms with Gasteiger partial charge >= 0.3 is 0 Å². The highest BCUT2D eigenvalue weighted by Crippen LogP contribution is 2.17. The fraction of sp³-hybridized carbons (Fsp3) is 0.692. The molecule has 0 saturated carbocycles. The Morgan fingerprint density at radius 2 is 2.06 bits per heavy atom. The van der Waals surface area contributed by atoms with Crippen molar-refractivity contribution in [3.63, 3.8) is 0 Å². The van der Waals surface area contributed by atoms with E-state index in [1.165, 1.54) is 32.1 Å². The third-order valence-corrected chi connectivity index (χ3v) is 3.01. The summed E-state index contributed by atoms with van der Waals surface area (Å²) < 4.78 is 0.